The molecule has 0 saturated carbocycles. The van der Waals surface area contributed by atoms with Gasteiger partial charge in [0.25, 0.3) is 0 Å². The number of fused-ring (bicyclic) bond motifs is 1. The number of hydrogen-bond donors (Lipinski definition) is 4. The number of imidazole rings is 1. The number of carbonyl (C=O) groups is 2. The number of allylic oxidation sites excluding steroid dienone is 1. The quantitative estimate of drug-likeness (QED) is 0.398. The average molecular weight is 551 g/mol. The molecule has 38 heavy (non-hydrogen) atoms. The third kappa shape index (κ3) is 8.48. The van der Waals surface area contributed by atoms with Gasteiger partial charge in [0.2, 0.25) is 11.8 Å². The summed E-state index contributed by atoms with van der Waals surface area (Å²) in [6, 6.07) is 3.86. The van der Waals surface area contributed by atoms with Gasteiger partial charge >= 0.3 is 24.3 Å². The minimum absolute atomic E-state index is 0.0223. The molecule has 2 aromatic rings. The summed E-state index contributed by atoms with van der Waals surface area (Å²) in [5, 5.41) is 24.5. The minimum atomic E-state index is -5.08. The van der Waals surface area contributed by atoms with Crippen molar-refractivity contribution in [2.24, 2.45) is 16.8 Å². The van der Waals surface area contributed by atoms with E-state index in [4.69, 9.17) is 19.8 Å². The molecule has 2 unspecified atom stereocenters. The number of anilines is 1. The van der Waals surface area contributed by atoms with Crippen LogP contribution in [0.3, 0.4) is 0 Å². The van der Waals surface area contributed by atoms with Crippen molar-refractivity contribution in [3.8, 4) is 5.88 Å². The average Bonchev–Trinajstić information content (AvgIpc) is 3.36. The SMILES string of the molecule is CC1CC(C)CN(c2nc(O)c(/C=C3\C=Nc4ncccc43)[nH]2)C1.O=C(O)C(F)(F)F.O=C(O)C(F)(F)F. The second-order valence-electron chi connectivity index (χ2n) is 8.49. The Morgan fingerprint density at radius 3 is 2.08 bits per heavy atom. The number of halogens is 6. The fourth-order valence-corrected chi connectivity index (χ4v) is 3.65. The van der Waals surface area contributed by atoms with E-state index >= 15 is 0 Å². The molecule has 4 heterocycles. The van der Waals surface area contributed by atoms with E-state index in [1.54, 1.807) is 12.4 Å². The molecular weight excluding hydrogens is 528 g/mol. The Hall–Kier alpha value is -4.11. The molecule has 10 nitrogen and oxygen atoms in total. The summed E-state index contributed by atoms with van der Waals surface area (Å²) in [5.41, 5.74) is 2.49. The molecule has 208 valence electrons. The van der Waals surface area contributed by atoms with Crippen LogP contribution in [0.2, 0.25) is 0 Å². The van der Waals surface area contributed by atoms with Gasteiger partial charge in [-0.3, -0.25) is 0 Å². The van der Waals surface area contributed by atoms with Gasteiger partial charge in [-0.1, -0.05) is 13.8 Å². The molecule has 2 aliphatic rings. The Bertz CT molecular complexity index is 1170. The van der Waals surface area contributed by atoms with Crippen LogP contribution in [0.5, 0.6) is 5.88 Å². The Morgan fingerprint density at radius 2 is 1.58 bits per heavy atom. The highest BCUT2D eigenvalue weighted by atomic mass is 19.4. The summed E-state index contributed by atoms with van der Waals surface area (Å²) >= 11 is 0. The third-order valence-corrected chi connectivity index (χ3v) is 5.08. The molecule has 0 amide bonds. The van der Waals surface area contributed by atoms with Crippen LogP contribution < -0.4 is 4.90 Å². The van der Waals surface area contributed by atoms with Crippen molar-refractivity contribution in [1.82, 2.24) is 15.0 Å². The van der Waals surface area contributed by atoms with Crippen LogP contribution in [0.15, 0.2) is 23.3 Å². The van der Waals surface area contributed by atoms with Gasteiger partial charge in [0, 0.05) is 36.6 Å². The van der Waals surface area contributed by atoms with Gasteiger partial charge in [0.05, 0.1) is 0 Å². The zero-order chi connectivity index (χ0) is 28.8. The van der Waals surface area contributed by atoms with Crippen molar-refractivity contribution in [2.75, 3.05) is 18.0 Å². The van der Waals surface area contributed by atoms with Crippen molar-refractivity contribution in [3.05, 3.63) is 29.6 Å². The molecule has 0 aliphatic carbocycles. The topological polar surface area (TPSA) is 152 Å². The van der Waals surface area contributed by atoms with Crippen LogP contribution in [0.4, 0.5) is 38.1 Å². The predicted molar refractivity (Wildman–Crippen MR) is 123 cm³/mol. The second-order valence-corrected chi connectivity index (χ2v) is 8.49. The van der Waals surface area contributed by atoms with E-state index in [1.165, 1.54) is 6.42 Å². The largest absolute Gasteiger partial charge is 0.492 e. The number of aromatic hydroxyl groups is 1. The van der Waals surface area contributed by atoms with E-state index in [9.17, 15) is 31.4 Å². The summed E-state index contributed by atoms with van der Waals surface area (Å²) in [7, 11) is 0. The van der Waals surface area contributed by atoms with Crippen LogP contribution in [0, 0.1) is 11.8 Å². The van der Waals surface area contributed by atoms with Crippen molar-refractivity contribution in [1.29, 1.82) is 0 Å². The molecule has 0 radical (unpaired) electrons. The predicted octanol–water partition coefficient (Wildman–Crippen LogP) is 4.52. The fraction of sp³-hybridized carbons (Fsp3) is 0.409. The zero-order valence-electron chi connectivity index (χ0n) is 19.9. The number of aliphatic imine (C=N–C) groups is 1. The molecule has 2 aromatic heterocycles. The number of alkyl halides is 6. The third-order valence-electron chi connectivity index (χ3n) is 5.08. The highest BCUT2D eigenvalue weighted by molar-refractivity contribution is 6.20. The fourth-order valence-electron chi connectivity index (χ4n) is 3.65. The number of piperidine rings is 1. The summed E-state index contributed by atoms with van der Waals surface area (Å²) in [6.45, 7) is 6.43. The first-order valence-electron chi connectivity index (χ1n) is 10.8. The number of aromatic amines is 1. The summed E-state index contributed by atoms with van der Waals surface area (Å²) in [6.07, 6.45) is -3.56. The van der Waals surface area contributed by atoms with E-state index in [2.05, 4.69) is 38.7 Å². The first-order valence-corrected chi connectivity index (χ1v) is 10.8. The molecule has 1 saturated heterocycles. The Kier molecular flexibility index (Phi) is 9.48. The smallest absolute Gasteiger partial charge is 0.490 e. The summed E-state index contributed by atoms with van der Waals surface area (Å²) < 4.78 is 63.5. The van der Waals surface area contributed by atoms with E-state index in [-0.39, 0.29) is 5.88 Å². The van der Waals surface area contributed by atoms with Gasteiger partial charge in [0.1, 0.15) is 5.69 Å². The van der Waals surface area contributed by atoms with Gasteiger partial charge < -0.3 is 25.2 Å². The standard InChI is InChI=1S/C18H21N5O.2C2HF3O2/c1-11-6-12(2)10-23(9-11)18-21-15(17(24)22-18)7-13-8-20-16-14(13)4-3-5-19-16;2*3-2(4,5)1(6)7/h3-5,7-8,11-12,24H,6,9-10H2,1-2H3,(H,21,22);2*(H,6,7)/b13-7+;;. The van der Waals surface area contributed by atoms with Crippen molar-refractivity contribution >= 4 is 41.6 Å². The highest BCUT2D eigenvalue weighted by Gasteiger charge is 2.38. The lowest BCUT2D eigenvalue weighted by atomic mass is 9.92. The number of aliphatic carboxylic acids is 2. The van der Waals surface area contributed by atoms with Crippen LogP contribution in [-0.4, -0.2) is 73.9 Å². The normalized spacial score (nSPS) is 19.7. The Morgan fingerprint density at radius 1 is 1.05 bits per heavy atom. The molecule has 16 heteroatoms. The lowest BCUT2D eigenvalue weighted by Gasteiger charge is -2.34. The van der Waals surface area contributed by atoms with Gasteiger partial charge in [-0.2, -0.15) is 31.3 Å². The summed E-state index contributed by atoms with van der Waals surface area (Å²) in [5.74, 6) is -2.79. The lowest BCUT2D eigenvalue weighted by Crippen LogP contribution is -2.39. The van der Waals surface area contributed by atoms with E-state index in [0.717, 1.165) is 30.2 Å². The first kappa shape index (κ1) is 30.1. The molecule has 0 bridgehead atoms. The van der Waals surface area contributed by atoms with E-state index in [0.29, 0.717) is 23.3 Å². The van der Waals surface area contributed by atoms with Crippen LogP contribution in [0.1, 0.15) is 31.5 Å². The lowest BCUT2D eigenvalue weighted by molar-refractivity contribution is -0.193. The maximum Gasteiger partial charge on any atom is 0.490 e. The van der Waals surface area contributed by atoms with Crippen LogP contribution in [0.25, 0.3) is 11.6 Å². The Labute approximate surface area is 211 Å². The number of carboxylic acids is 2. The van der Waals surface area contributed by atoms with Gasteiger partial charge in [-0.15, -0.1) is 0 Å². The highest BCUT2D eigenvalue weighted by Crippen LogP contribution is 2.33. The Balaban J connectivity index is 0.000000301. The van der Waals surface area contributed by atoms with Crippen LogP contribution in [-0.2, 0) is 9.59 Å². The molecule has 2 atom stereocenters. The van der Waals surface area contributed by atoms with Gasteiger partial charge in [-0.05, 0) is 36.5 Å². The number of nitrogens with one attached hydrogen (secondary N) is 1. The molecule has 4 N–H and O–H groups in total. The van der Waals surface area contributed by atoms with E-state index < -0.39 is 24.3 Å². The molecule has 4 rings (SSSR count). The number of aromatic nitrogens is 3. The number of rotatable bonds is 2. The monoisotopic (exact) mass is 551 g/mol. The molecule has 0 spiro atoms. The molecule has 2 aliphatic heterocycles. The zero-order valence-corrected chi connectivity index (χ0v) is 19.9. The van der Waals surface area contributed by atoms with Gasteiger partial charge in [-0.25, -0.2) is 19.6 Å². The van der Waals surface area contributed by atoms with Crippen LogP contribution >= 0.6 is 0 Å². The van der Waals surface area contributed by atoms with Crippen molar-refractivity contribution in [3.63, 3.8) is 0 Å². The number of hydrogen-bond acceptors (Lipinski definition) is 7. The molecule has 1 fully saturated rings. The summed E-state index contributed by atoms with van der Waals surface area (Å²) in [4.78, 5) is 36.1. The number of pyridine rings is 1. The minimum Gasteiger partial charge on any atom is -0.492 e. The first-order chi connectivity index (χ1) is 17.5. The van der Waals surface area contributed by atoms with Crippen molar-refractivity contribution in [2.45, 2.75) is 32.6 Å². The number of nitrogens with zero attached hydrogens (tertiary/aromatic N) is 4. The van der Waals surface area contributed by atoms with Crippen molar-refractivity contribution < 1.29 is 51.3 Å². The maximum atomic E-state index is 10.6. The second kappa shape index (κ2) is 12.0. The van der Waals surface area contributed by atoms with Gasteiger partial charge in [0.15, 0.2) is 5.82 Å². The van der Waals surface area contributed by atoms with E-state index in [1.807, 2.05) is 18.2 Å². The number of carboxylic acid groups (broad SMARTS) is 2. The number of H-pyrrole nitrogens is 1. The maximum absolute atomic E-state index is 10.6. The molecule has 0 aromatic carbocycles. The molecular formula is C22H23F6N5O5.